The van der Waals surface area contributed by atoms with Crippen LogP contribution < -0.4 is 0 Å². The number of hydrogen-bond acceptors (Lipinski definition) is 6. The summed E-state index contributed by atoms with van der Waals surface area (Å²) in [5.74, 6) is -2.32. The predicted molar refractivity (Wildman–Crippen MR) is 105 cm³/mol. The quantitative estimate of drug-likeness (QED) is 0.577. The Hall–Kier alpha value is -1.36. The number of thiocarbonyl (C=S) groups is 2. The van der Waals surface area contributed by atoms with Crippen molar-refractivity contribution in [3.8, 4) is 0 Å². The zero-order valence-corrected chi connectivity index (χ0v) is 16.7. The van der Waals surface area contributed by atoms with Gasteiger partial charge in [0, 0.05) is 38.0 Å². The summed E-state index contributed by atoms with van der Waals surface area (Å²) in [6, 6.07) is 2.65. The Morgan fingerprint density at radius 2 is 1.12 bits per heavy atom. The second-order valence-electron chi connectivity index (χ2n) is 4.98. The van der Waals surface area contributed by atoms with Gasteiger partial charge in [-0.15, -0.1) is 0 Å². The van der Waals surface area contributed by atoms with Gasteiger partial charge in [0.15, 0.2) is 0 Å². The third kappa shape index (κ3) is 5.33. The van der Waals surface area contributed by atoms with E-state index in [1.807, 2.05) is 0 Å². The Morgan fingerprint density at radius 1 is 0.833 bits per heavy atom. The van der Waals surface area contributed by atoms with Crippen LogP contribution in [-0.2, 0) is 0 Å². The molecule has 0 atom stereocenters. The first-order chi connectivity index (χ1) is 11.0. The van der Waals surface area contributed by atoms with Gasteiger partial charge in [-0.1, -0.05) is 48.0 Å². The monoisotopic (exact) mass is 404 g/mol. The van der Waals surface area contributed by atoms with E-state index in [1.54, 1.807) is 38.0 Å². The molecule has 0 amide bonds. The molecule has 0 fully saturated rings. The van der Waals surface area contributed by atoms with Crippen LogP contribution in [0.4, 0.5) is 0 Å². The second-order valence-corrected chi connectivity index (χ2v) is 8.33. The molecule has 0 bridgehead atoms. The van der Waals surface area contributed by atoms with Crippen LogP contribution in [0.2, 0.25) is 0 Å². The molecule has 6 nitrogen and oxygen atoms in total. The van der Waals surface area contributed by atoms with E-state index in [0.29, 0.717) is 8.64 Å². The topological polar surface area (TPSA) is 81.1 Å². The maximum absolute atomic E-state index is 11.6. The van der Waals surface area contributed by atoms with Crippen LogP contribution in [0.1, 0.15) is 20.7 Å². The number of thioether (sulfide) groups is 2. The van der Waals surface area contributed by atoms with Crippen LogP contribution in [0.3, 0.4) is 0 Å². The van der Waals surface area contributed by atoms with E-state index in [-0.39, 0.29) is 20.9 Å². The molecule has 0 aliphatic carbocycles. The van der Waals surface area contributed by atoms with Gasteiger partial charge in [0.1, 0.15) is 8.64 Å². The molecule has 130 valence electrons. The molecule has 0 saturated carbocycles. The molecule has 0 heterocycles. The van der Waals surface area contributed by atoms with Crippen LogP contribution in [-0.4, -0.2) is 68.8 Å². The van der Waals surface area contributed by atoms with Gasteiger partial charge in [-0.2, -0.15) is 0 Å². The van der Waals surface area contributed by atoms with E-state index in [0.717, 1.165) is 23.5 Å². The number of carboxylic acid groups (broad SMARTS) is 2. The highest BCUT2D eigenvalue weighted by Crippen LogP contribution is 2.33. The average Bonchev–Trinajstić information content (AvgIpc) is 2.47. The molecular formula is C14H16N2O4S4. The number of aromatic carboxylic acids is 2. The molecule has 0 unspecified atom stereocenters. The van der Waals surface area contributed by atoms with Crippen LogP contribution >= 0.6 is 48.0 Å². The van der Waals surface area contributed by atoms with E-state index < -0.39 is 11.9 Å². The Kier molecular flexibility index (Phi) is 7.46. The number of rotatable bonds is 4. The summed E-state index contributed by atoms with van der Waals surface area (Å²) in [4.78, 5) is 27.0. The lowest BCUT2D eigenvalue weighted by molar-refractivity contribution is 0.0675. The molecule has 0 aliphatic rings. The van der Waals surface area contributed by atoms with Crippen molar-refractivity contribution in [2.24, 2.45) is 0 Å². The Labute approximate surface area is 159 Å². The van der Waals surface area contributed by atoms with Gasteiger partial charge in [-0.3, -0.25) is 0 Å². The van der Waals surface area contributed by atoms with Crippen molar-refractivity contribution >= 4 is 68.5 Å². The lowest BCUT2D eigenvalue weighted by atomic mass is 10.1. The molecule has 24 heavy (non-hydrogen) atoms. The standard InChI is InChI=1S/C14H16N2O4S4/c1-15(2)13(21)23-9-5-8(12(19)20)10(6-7(9)11(17)18)24-14(22)16(3)4/h5-6H,1-4H3,(H,17,18)(H,19,20). The molecule has 0 spiro atoms. The smallest absolute Gasteiger partial charge is 0.336 e. The predicted octanol–water partition coefficient (Wildman–Crippen LogP) is 2.96. The third-order valence-corrected chi connectivity index (χ3v) is 6.09. The first kappa shape index (κ1) is 20.7. The summed E-state index contributed by atoms with van der Waals surface area (Å²) in [6.07, 6.45) is 0. The lowest BCUT2D eigenvalue weighted by Crippen LogP contribution is -2.18. The highest BCUT2D eigenvalue weighted by atomic mass is 32.2. The fourth-order valence-corrected chi connectivity index (χ4v) is 3.58. The lowest BCUT2D eigenvalue weighted by Gasteiger charge is -2.17. The van der Waals surface area contributed by atoms with Crippen molar-refractivity contribution in [3.63, 3.8) is 0 Å². The van der Waals surface area contributed by atoms with Gasteiger partial charge in [0.05, 0.1) is 11.1 Å². The summed E-state index contributed by atoms with van der Waals surface area (Å²) in [6.45, 7) is 0. The normalized spacial score (nSPS) is 10.2. The highest BCUT2D eigenvalue weighted by Gasteiger charge is 2.22. The van der Waals surface area contributed by atoms with Crippen LogP contribution in [0.5, 0.6) is 0 Å². The SMILES string of the molecule is CN(C)C(=S)Sc1cc(C(=O)O)c(SC(=S)N(C)C)cc1C(=O)O. The molecule has 1 aromatic carbocycles. The molecule has 2 N–H and O–H groups in total. The molecule has 0 radical (unpaired) electrons. The van der Waals surface area contributed by atoms with Gasteiger partial charge < -0.3 is 20.0 Å². The molecule has 0 aromatic heterocycles. The summed E-state index contributed by atoms with van der Waals surface area (Å²) in [7, 11) is 6.92. The first-order valence-electron chi connectivity index (χ1n) is 6.47. The number of nitrogens with zero attached hydrogens (tertiary/aromatic N) is 2. The summed E-state index contributed by atoms with van der Waals surface area (Å²) < 4.78 is 0.858. The Morgan fingerprint density at radius 3 is 1.33 bits per heavy atom. The fourth-order valence-electron chi connectivity index (χ4n) is 1.43. The number of hydrogen-bond donors (Lipinski definition) is 2. The van der Waals surface area contributed by atoms with Gasteiger partial charge in [0.25, 0.3) is 0 Å². The van der Waals surface area contributed by atoms with Crippen LogP contribution in [0, 0.1) is 0 Å². The molecule has 0 aliphatic heterocycles. The second kappa shape index (κ2) is 8.65. The van der Waals surface area contributed by atoms with Gasteiger partial charge in [-0.25, -0.2) is 9.59 Å². The minimum absolute atomic E-state index is 0.0155. The summed E-state index contributed by atoms with van der Waals surface area (Å²) >= 11 is 12.4. The van der Waals surface area contributed by atoms with Crippen molar-refractivity contribution in [1.29, 1.82) is 0 Å². The van der Waals surface area contributed by atoms with Crippen LogP contribution in [0.25, 0.3) is 0 Å². The average molecular weight is 405 g/mol. The zero-order valence-electron chi connectivity index (χ0n) is 13.4. The van der Waals surface area contributed by atoms with Crippen molar-refractivity contribution in [1.82, 2.24) is 9.80 Å². The fraction of sp³-hybridized carbons (Fsp3) is 0.286. The highest BCUT2D eigenvalue weighted by molar-refractivity contribution is 8.23. The van der Waals surface area contributed by atoms with E-state index in [4.69, 9.17) is 24.4 Å². The molecule has 1 aromatic rings. The maximum Gasteiger partial charge on any atom is 0.336 e. The van der Waals surface area contributed by atoms with Crippen molar-refractivity contribution in [2.45, 2.75) is 9.79 Å². The van der Waals surface area contributed by atoms with Crippen LogP contribution in [0.15, 0.2) is 21.9 Å². The minimum atomic E-state index is -1.16. The maximum atomic E-state index is 11.6. The Balaban J connectivity index is 3.44. The molecular weight excluding hydrogens is 388 g/mol. The third-order valence-electron chi connectivity index (χ3n) is 2.67. The van der Waals surface area contributed by atoms with E-state index in [1.165, 1.54) is 12.1 Å². The number of carbonyl (C=O) groups is 2. The molecule has 10 heteroatoms. The van der Waals surface area contributed by atoms with E-state index in [2.05, 4.69) is 0 Å². The number of benzene rings is 1. The minimum Gasteiger partial charge on any atom is -0.478 e. The van der Waals surface area contributed by atoms with E-state index >= 15 is 0 Å². The van der Waals surface area contributed by atoms with Crippen molar-refractivity contribution in [3.05, 3.63) is 23.3 Å². The zero-order chi connectivity index (χ0) is 18.6. The molecule has 1 rings (SSSR count). The van der Waals surface area contributed by atoms with Gasteiger partial charge >= 0.3 is 11.9 Å². The molecule has 0 saturated heterocycles. The van der Waals surface area contributed by atoms with Gasteiger partial charge in [0.2, 0.25) is 0 Å². The van der Waals surface area contributed by atoms with Crippen molar-refractivity contribution in [2.75, 3.05) is 28.2 Å². The Bertz CT molecular complexity index is 645. The van der Waals surface area contributed by atoms with E-state index in [9.17, 15) is 19.8 Å². The van der Waals surface area contributed by atoms with Crippen molar-refractivity contribution < 1.29 is 19.8 Å². The number of carboxylic acids is 2. The first-order valence-corrected chi connectivity index (χ1v) is 8.92. The van der Waals surface area contributed by atoms with Gasteiger partial charge in [-0.05, 0) is 12.1 Å². The summed E-state index contributed by atoms with van der Waals surface area (Å²) in [5, 5.41) is 18.9. The largest absolute Gasteiger partial charge is 0.478 e. The summed E-state index contributed by atoms with van der Waals surface area (Å²) in [5.41, 5.74) is -0.0310.